The molecule has 102 valence electrons. The lowest BCUT2D eigenvalue weighted by molar-refractivity contribution is -0.140. The third kappa shape index (κ3) is 4.26. The Labute approximate surface area is 106 Å². The van der Waals surface area contributed by atoms with Crippen LogP contribution in [0.1, 0.15) is 17.6 Å². The standard InChI is InChI=1S/C10H14F3N3OS/c1-6(4-14)9(17)15-3-2-8-16-7(5-18-8)10(11,12)13/h5-6H,2-4,14H2,1H3,(H,15,17). The van der Waals surface area contributed by atoms with Gasteiger partial charge >= 0.3 is 6.18 Å². The number of rotatable bonds is 5. The van der Waals surface area contributed by atoms with Crippen molar-refractivity contribution in [3.05, 3.63) is 16.1 Å². The monoisotopic (exact) mass is 281 g/mol. The van der Waals surface area contributed by atoms with E-state index in [0.717, 1.165) is 16.7 Å². The van der Waals surface area contributed by atoms with E-state index in [1.165, 1.54) is 0 Å². The molecule has 1 aromatic heterocycles. The van der Waals surface area contributed by atoms with Crippen LogP contribution in [0.2, 0.25) is 0 Å². The van der Waals surface area contributed by atoms with Crippen LogP contribution in [0.25, 0.3) is 0 Å². The first-order valence-electron chi connectivity index (χ1n) is 5.34. The Morgan fingerprint density at radius 1 is 1.61 bits per heavy atom. The summed E-state index contributed by atoms with van der Waals surface area (Å²) in [4.78, 5) is 14.8. The van der Waals surface area contributed by atoms with Gasteiger partial charge in [-0.1, -0.05) is 6.92 Å². The van der Waals surface area contributed by atoms with E-state index < -0.39 is 11.9 Å². The van der Waals surface area contributed by atoms with Crippen LogP contribution in [0.5, 0.6) is 0 Å². The van der Waals surface area contributed by atoms with Gasteiger partial charge in [0.1, 0.15) is 0 Å². The molecule has 0 aliphatic carbocycles. The molecule has 1 unspecified atom stereocenters. The maximum absolute atomic E-state index is 12.3. The number of thiazole rings is 1. The van der Waals surface area contributed by atoms with Crippen LogP contribution in [0.3, 0.4) is 0 Å². The van der Waals surface area contributed by atoms with Crippen LogP contribution in [0.4, 0.5) is 13.2 Å². The van der Waals surface area contributed by atoms with Crippen LogP contribution < -0.4 is 11.1 Å². The minimum Gasteiger partial charge on any atom is -0.355 e. The summed E-state index contributed by atoms with van der Waals surface area (Å²) >= 11 is 0.935. The maximum atomic E-state index is 12.3. The van der Waals surface area contributed by atoms with Gasteiger partial charge in [-0.25, -0.2) is 4.98 Å². The Hall–Kier alpha value is -1.15. The second-order valence-electron chi connectivity index (χ2n) is 3.80. The van der Waals surface area contributed by atoms with Crippen molar-refractivity contribution in [3.8, 4) is 0 Å². The molecule has 0 saturated carbocycles. The highest BCUT2D eigenvalue weighted by Gasteiger charge is 2.33. The van der Waals surface area contributed by atoms with Gasteiger partial charge in [-0.3, -0.25) is 4.79 Å². The quantitative estimate of drug-likeness (QED) is 0.857. The molecule has 0 aliphatic rings. The fourth-order valence-electron chi connectivity index (χ4n) is 1.13. The molecule has 0 aromatic carbocycles. The molecule has 8 heteroatoms. The lowest BCUT2D eigenvalue weighted by atomic mass is 10.2. The molecule has 4 nitrogen and oxygen atoms in total. The molecule has 1 amide bonds. The Balaban J connectivity index is 2.41. The van der Waals surface area contributed by atoms with Gasteiger partial charge in [0.25, 0.3) is 0 Å². The molecule has 18 heavy (non-hydrogen) atoms. The van der Waals surface area contributed by atoms with Gasteiger partial charge in [0.05, 0.1) is 5.01 Å². The molecule has 1 rings (SSSR count). The number of nitrogens with zero attached hydrogens (tertiary/aromatic N) is 1. The van der Waals surface area contributed by atoms with Gasteiger partial charge < -0.3 is 11.1 Å². The SMILES string of the molecule is CC(CN)C(=O)NCCc1nc(C(F)(F)F)cs1. The molecule has 0 fully saturated rings. The molecule has 1 atom stereocenters. The van der Waals surface area contributed by atoms with Gasteiger partial charge in [-0.05, 0) is 0 Å². The van der Waals surface area contributed by atoms with Crippen LogP contribution in [-0.4, -0.2) is 24.0 Å². The highest BCUT2D eigenvalue weighted by molar-refractivity contribution is 7.09. The first kappa shape index (κ1) is 14.9. The Morgan fingerprint density at radius 2 is 2.28 bits per heavy atom. The molecule has 0 saturated heterocycles. The summed E-state index contributed by atoms with van der Waals surface area (Å²) < 4.78 is 36.8. The minimum atomic E-state index is -4.41. The lowest BCUT2D eigenvalue weighted by Crippen LogP contribution is -2.34. The zero-order valence-electron chi connectivity index (χ0n) is 9.75. The average molecular weight is 281 g/mol. The summed E-state index contributed by atoms with van der Waals surface area (Å²) in [5.74, 6) is -0.503. The largest absolute Gasteiger partial charge is 0.434 e. The predicted octanol–water partition coefficient (Wildman–Crippen LogP) is 1.42. The summed E-state index contributed by atoms with van der Waals surface area (Å²) in [7, 11) is 0. The molecule has 0 aliphatic heterocycles. The van der Waals surface area contributed by atoms with E-state index in [4.69, 9.17) is 5.73 Å². The second-order valence-corrected chi connectivity index (χ2v) is 4.74. The van der Waals surface area contributed by atoms with Crippen molar-refractivity contribution < 1.29 is 18.0 Å². The summed E-state index contributed by atoms with van der Waals surface area (Å²) in [6, 6.07) is 0. The highest BCUT2D eigenvalue weighted by atomic mass is 32.1. The number of amides is 1. The Bertz CT molecular complexity index is 405. The van der Waals surface area contributed by atoms with E-state index >= 15 is 0 Å². The molecule has 0 radical (unpaired) electrons. The summed E-state index contributed by atoms with van der Waals surface area (Å²) in [6.07, 6.45) is -4.13. The average Bonchev–Trinajstić information content (AvgIpc) is 2.76. The fourth-order valence-corrected chi connectivity index (χ4v) is 1.93. The fraction of sp³-hybridized carbons (Fsp3) is 0.600. The number of hydrogen-bond donors (Lipinski definition) is 2. The van der Waals surface area contributed by atoms with E-state index in [-0.39, 0.29) is 31.3 Å². The predicted molar refractivity (Wildman–Crippen MR) is 62.0 cm³/mol. The third-order valence-electron chi connectivity index (χ3n) is 2.28. The van der Waals surface area contributed by atoms with Crippen molar-refractivity contribution in [1.29, 1.82) is 0 Å². The van der Waals surface area contributed by atoms with Gasteiger partial charge in [0, 0.05) is 30.8 Å². The van der Waals surface area contributed by atoms with E-state index in [1.807, 2.05) is 0 Å². The first-order chi connectivity index (χ1) is 8.34. The van der Waals surface area contributed by atoms with Crippen LogP contribution in [0, 0.1) is 5.92 Å². The zero-order valence-corrected chi connectivity index (χ0v) is 10.6. The molecular weight excluding hydrogens is 267 g/mol. The van der Waals surface area contributed by atoms with Crippen LogP contribution in [0.15, 0.2) is 5.38 Å². The van der Waals surface area contributed by atoms with E-state index in [9.17, 15) is 18.0 Å². The van der Waals surface area contributed by atoms with Gasteiger partial charge in [-0.2, -0.15) is 13.2 Å². The van der Waals surface area contributed by atoms with Crippen LogP contribution in [-0.2, 0) is 17.4 Å². The lowest BCUT2D eigenvalue weighted by Gasteiger charge is -2.08. The number of carbonyl (C=O) groups is 1. The van der Waals surface area contributed by atoms with Crippen molar-refractivity contribution in [2.24, 2.45) is 11.7 Å². The normalized spacial score (nSPS) is 13.4. The third-order valence-corrected chi connectivity index (χ3v) is 3.19. The van der Waals surface area contributed by atoms with E-state index in [2.05, 4.69) is 10.3 Å². The molecule has 0 bridgehead atoms. The van der Waals surface area contributed by atoms with Gasteiger partial charge in [0.2, 0.25) is 5.91 Å². The molecule has 1 aromatic rings. The Kier molecular flexibility index (Phi) is 5.09. The molecule has 0 spiro atoms. The number of nitrogens with one attached hydrogen (secondary N) is 1. The smallest absolute Gasteiger partial charge is 0.355 e. The van der Waals surface area contributed by atoms with Crippen molar-refractivity contribution in [3.63, 3.8) is 0 Å². The van der Waals surface area contributed by atoms with Crippen LogP contribution >= 0.6 is 11.3 Å². The zero-order chi connectivity index (χ0) is 13.8. The van der Waals surface area contributed by atoms with E-state index in [0.29, 0.717) is 5.01 Å². The van der Waals surface area contributed by atoms with Crippen molar-refractivity contribution in [2.75, 3.05) is 13.1 Å². The first-order valence-corrected chi connectivity index (χ1v) is 6.22. The van der Waals surface area contributed by atoms with Crippen molar-refractivity contribution in [1.82, 2.24) is 10.3 Å². The summed E-state index contributed by atoms with van der Waals surface area (Å²) in [6.45, 7) is 2.18. The maximum Gasteiger partial charge on any atom is 0.434 e. The number of aromatic nitrogens is 1. The molecule has 3 N–H and O–H groups in total. The number of nitrogens with two attached hydrogens (primary N) is 1. The highest BCUT2D eigenvalue weighted by Crippen LogP contribution is 2.29. The summed E-state index contributed by atoms with van der Waals surface area (Å²) in [5.41, 5.74) is 4.43. The molecule has 1 heterocycles. The number of carbonyl (C=O) groups excluding carboxylic acids is 1. The second kappa shape index (κ2) is 6.14. The van der Waals surface area contributed by atoms with Crippen molar-refractivity contribution in [2.45, 2.75) is 19.5 Å². The number of hydrogen-bond acceptors (Lipinski definition) is 4. The summed E-state index contributed by atoms with van der Waals surface area (Å²) in [5, 5.41) is 3.92. The topological polar surface area (TPSA) is 68.0 Å². The molecular formula is C10H14F3N3OS. The minimum absolute atomic E-state index is 0.204. The Morgan fingerprint density at radius 3 is 2.78 bits per heavy atom. The van der Waals surface area contributed by atoms with Gasteiger partial charge in [0.15, 0.2) is 5.69 Å². The van der Waals surface area contributed by atoms with E-state index in [1.54, 1.807) is 6.92 Å². The number of halogens is 3. The van der Waals surface area contributed by atoms with Gasteiger partial charge in [-0.15, -0.1) is 11.3 Å². The number of alkyl halides is 3. The van der Waals surface area contributed by atoms with Crippen molar-refractivity contribution >= 4 is 17.2 Å².